The van der Waals surface area contributed by atoms with E-state index in [1.165, 1.54) is 25.7 Å². The van der Waals surface area contributed by atoms with Gasteiger partial charge in [-0.25, -0.2) is 0 Å². The highest BCUT2D eigenvalue weighted by Gasteiger charge is 2.35. The van der Waals surface area contributed by atoms with E-state index in [1.54, 1.807) is 7.11 Å². The summed E-state index contributed by atoms with van der Waals surface area (Å²) < 4.78 is 5.25. The maximum absolute atomic E-state index is 10.8. The maximum atomic E-state index is 10.8. The Bertz CT molecular complexity index is 558. The molecular weight excluding hydrogens is 336 g/mol. The lowest BCUT2D eigenvalue weighted by Crippen LogP contribution is -2.36. The number of nitrogens with zero attached hydrogens (tertiary/aromatic N) is 1. The summed E-state index contributed by atoms with van der Waals surface area (Å²) in [5.41, 5.74) is 1.98. The molecule has 3 rings (SSSR count). The van der Waals surface area contributed by atoms with E-state index in [2.05, 4.69) is 23.3 Å². The summed E-state index contributed by atoms with van der Waals surface area (Å²) in [7, 11) is 1.73. The van der Waals surface area contributed by atoms with Crippen molar-refractivity contribution in [3.63, 3.8) is 0 Å². The minimum atomic E-state index is -0.629. The summed E-state index contributed by atoms with van der Waals surface area (Å²) in [5, 5.41) is 14.9. The van der Waals surface area contributed by atoms with Gasteiger partial charge in [-0.1, -0.05) is 31.4 Å². The predicted octanol–water partition coefficient (Wildman–Crippen LogP) is 3.74. The van der Waals surface area contributed by atoms with Gasteiger partial charge in [0.2, 0.25) is 0 Å². The number of nitrogens with one attached hydrogen (secondary N) is 1. The zero-order chi connectivity index (χ0) is 17.8. The zero-order valence-electron chi connectivity index (χ0n) is 15.4. The molecule has 0 saturated heterocycles. The summed E-state index contributed by atoms with van der Waals surface area (Å²) >= 11 is 6.46. The van der Waals surface area contributed by atoms with Gasteiger partial charge < -0.3 is 14.7 Å². The first kappa shape index (κ1) is 19.0. The Morgan fingerprint density at radius 1 is 1.44 bits per heavy atom. The molecule has 1 aliphatic carbocycles. The maximum Gasteiger partial charge on any atom is 0.129 e. The van der Waals surface area contributed by atoms with Crippen LogP contribution >= 0.6 is 11.6 Å². The zero-order valence-corrected chi connectivity index (χ0v) is 16.1. The van der Waals surface area contributed by atoms with Crippen LogP contribution in [0.2, 0.25) is 0 Å². The second-order valence-electron chi connectivity index (χ2n) is 7.73. The van der Waals surface area contributed by atoms with Crippen LogP contribution in [0, 0.1) is 11.8 Å². The van der Waals surface area contributed by atoms with Crippen LogP contribution in [-0.4, -0.2) is 42.5 Å². The molecule has 0 amide bonds. The molecule has 1 saturated carbocycles. The van der Waals surface area contributed by atoms with Crippen molar-refractivity contribution in [3.8, 4) is 0 Å². The Balaban J connectivity index is 1.65. The van der Waals surface area contributed by atoms with Crippen LogP contribution in [0.15, 0.2) is 34.7 Å². The summed E-state index contributed by atoms with van der Waals surface area (Å²) in [6.07, 6.45) is 12.2. The van der Waals surface area contributed by atoms with E-state index in [9.17, 15) is 5.11 Å². The van der Waals surface area contributed by atoms with Crippen LogP contribution in [0.5, 0.6) is 0 Å². The van der Waals surface area contributed by atoms with Gasteiger partial charge in [0.25, 0.3) is 0 Å². The first-order chi connectivity index (χ1) is 12.1. The summed E-state index contributed by atoms with van der Waals surface area (Å²) in [6, 6.07) is 0.301. The molecule has 2 aliphatic heterocycles. The molecule has 2 heterocycles. The lowest BCUT2D eigenvalue weighted by atomic mass is 9.82. The third-order valence-corrected chi connectivity index (χ3v) is 6.06. The van der Waals surface area contributed by atoms with E-state index in [4.69, 9.17) is 16.3 Å². The highest BCUT2D eigenvalue weighted by molar-refractivity contribution is 6.32. The molecule has 3 unspecified atom stereocenters. The molecule has 2 N–H and O–H groups in total. The summed E-state index contributed by atoms with van der Waals surface area (Å²) in [4.78, 5) is 2.20. The minimum Gasteiger partial charge on any atom is -0.385 e. The van der Waals surface area contributed by atoms with E-state index < -0.39 is 6.23 Å². The van der Waals surface area contributed by atoms with Gasteiger partial charge in [0, 0.05) is 38.1 Å². The fourth-order valence-electron chi connectivity index (χ4n) is 4.45. The van der Waals surface area contributed by atoms with Crippen molar-refractivity contribution in [3.05, 3.63) is 34.7 Å². The van der Waals surface area contributed by atoms with Crippen LogP contribution in [0.1, 0.15) is 45.4 Å². The van der Waals surface area contributed by atoms with Crippen LogP contribution in [0.3, 0.4) is 0 Å². The molecule has 140 valence electrons. The van der Waals surface area contributed by atoms with Crippen molar-refractivity contribution < 1.29 is 9.84 Å². The Labute approximate surface area is 156 Å². The third-order valence-electron chi connectivity index (χ3n) is 5.76. The molecule has 4 nitrogen and oxygen atoms in total. The molecule has 0 aromatic heterocycles. The minimum absolute atomic E-state index is 0.301. The number of halogens is 1. The molecule has 3 aliphatic rings. The van der Waals surface area contributed by atoms with E-state index in [1.807, 2.05) is 12.2 Å². The Kier molecular flexibility index (Phi) is 6.61. The summed E-state index contributed by atoms with van der Waals surface area (Å²) in [5.74, 6) is 1.48. The fourth-order valence-corrected chi connectivity index (χ4v) is 4.74. The van der Waals surface area contributed by atoms with Crippen molar-refractivity contribution >= 4 is 11.6 Å². The first-order valence-corrected chi connectivity index (χ1v) is 9.94. The van der Waals surface area contributed by atoms with E-state index >= 15 is 0 Å². The Hall–Kier alpha value is -0.810. The highest BCUT2D eigenvalue weighted by atomic mass is 35.5. The van der Waals surface area contributed by atoms with Gasteiger partial charge in [0.15, 0.2) is 0 Å². The van der Waals surface area contributed by atoms with Gasteiger partial charge in [-0.15, -0.1) is 0 Å². The molecular formula is C20H31ClN2O2. The normalized spacial score (nSPS) is 30.5. The van der Waals surface area contributed by atoms with Crippen molar-refractivity contribution in [1.29, 1.82) is 0 Å². The third kappa shape index (κ3) is 4.48. The van der Waals surface area contributed by atoms with Gasteiger partial charge >= 0.3 is 0 Å². The molecule has 1 fully saturated rings. The number of aliphatic hydroxyl groups is 1. The monoisotopic (exact) mass is 366 g/mol. The van der Waals surface area contributed by atoms with Gasteiger partial charge in [0.1, 0.15) is 6.23 Å². The second-order valence-corrected chi connectivity index (χ2v) is 8.13. The largest absolute Gasteiger partial charge is 0.385 e. The quantitative estimate of drug-likeness (QED) is 0.674. The molecule has 0 radical (unpaired) electrons. The molecule has 25 heavy (non-hydrogen) atoms. The number of fused-ring (bicyclic) bond motifs is 1. The van der Waals surface area contributed by atoms with Gasteiger partial charge in [-0.2, -0.15) is 0 Å². The lowest BCUT2D eigenvalue weighted by Gasteiger charge is -2.28. The number of aliphatic hydroxyl groups excluding tert-OH is 1. The first-order valence-electron chi connectivity index (χ1n) is 9.56. The number of hydrogen-bond donors (Lipinski definition) is 2. The average molecular weight is 367 g/mol. The molecule has 0 bridgehead atoms. The molecule has 0 aromatic rings. The average Bonchev–Trinajstić information content (AvgIpc) is 2.98. The van der Waals surface area contributed by atoms with Gasteiger partial charge in [-0.05, 0) is 49.7 Å². The van der Waals surface area contributed by atoms with Crippen molar-refractivity contribution in [1.82, 2.24) is 10.2 Å². The molecule has 0 aromatic carbocycles. The number of rotatable bonds is 7. The van der Waals surface area contributed by atoms with E-state index in [0.29, 0.717) is 23.6 Å². The van der Waals surface area contributed by atoms with Gasteiger partial charge in [-0.3, -0.25) is 5.32 Å². The fraction of sp³-hybridized carbons (Fsp3) is 0.700. The molecule has 0 spiro atoms. The van der Waals surface area contributed by atoms with Crippen LogP contribution in [-0.2, 0) is 4.74 Å². The van der Waals surface area contributed by atoms with Crippen molar-refractivity contribution in [2.75, 3.05) is 20.3 Å². The Morgan fingerprint density at radius 2 is 2.28 bits per heavy atom. The molecule has 5 heteroatoms. The van der Waals surface area contributed by atoms with Crippen LogP contribution in [0.25, 0.3) is 0 Å². The van der Waals surface area contributed by atoms with Crippen molar-refractivity contribution in [2.45, 2.75) is 57.7 Å². The highest BCUT2D eigenvalue weighted by Crippen LogP contribution is 2.39. The van der Waals surface area contributed by atoms with E-state index in [0.717, 1.165) is 36.6 Å². The van der Waals surface area contributed by atoms with Crippen LogP contribution in [0.4, 0.5) is 0 Å². The predicted molar refractivity (Wildman–Crippen MR) is 102 cm³/mol. The number of methoxy groups -OCH3 is 1. The van der Waals surface area contributed by atoms with Crippen molar-refractivity contribution in [2.24, 2.45) is 11.8 Å². The van der Waals surface area contributed by atoms with Gasteiger partial charge in [0.05, 0.1) is 10.7 Å². The number of allylic oxidation sites excluding steroid dienone is 3. The Morgan fingerprint density at radius 3 is 3.04 bits per heavy atom. The SMILES string of the molecule is COCCC1CC(C(O)NCC2CCC[C@@H](C)C2)=C2C(Cl)=CC=CN21. The number of ether oxygens (including phenoxy) is 1. The smallest absolute Gasteiger partial charge is 0.129 e. The second kappa shape index (κ2) is 8.72. The summed E-state index contributed by atoms with van der Waals surface area (Å²) in [6.45, 7) is 3.92. The standard InChI is InChI=1S/C20H31ClN2O2/c1-14-5-3-6-15(11-14)13-22-20(24)17-12-16(8-10-25-2)23-9-4-7-18(21)19(17)23/h4,7,9,14-16,20,22,24H,3,5-6,8,10-13H2,1-2H3/t14-,15?,16?,20?/m1/s1. The van der Waals surface area contributed by atoms with E-state index in [-0.39, 0.29) is 0 Å². The number of hydrogen-bond acceptors (Lipinski definition) is 4. The molecule has 4 atom stereocenters. The van der Waals surface area contributed by atoms with Crippen LogP contribution < -0.4 is 5.32 Å². The topological polar surface area (TPSA) is 44.7 Å². The lowest BCUT2D eigenvalue weighted by molar-refractivity contribution is 0.149.